The number of hydrogen-bond acceptors (Lipinski definition) is 3. The maximum absolute atomic E-state index is 11.1. The Morgan fingerprint density at radius 3 is 1.85 bits per heavy atom. The molecule has 0 aliphatic carbocycles. The summed E-state index contributed by atoms with van der Waals surface area (Å²) in [5.41, 5.74) is 0.422. The zero-order chi connectivity index (χ0) is 19.3. The summed E-state index contributed by atoms with van der Waals surface area (Å²) in [5.74, 6) is 0. The molecule has 0 aliphatic heterocycles. The summed E-state index contributed by atoms with van der Waals surface area (Å²) in [6.45, 7) is 2.21. The number of hydrogen-bond donors (Lipinski definition) is 0. The Morgan fingerprint density at radius 1 is 0.808 bits per heavy atom. The molecule has 0 N–H and O–H groups in total. The van der Waals surface area contributed by atoms with Crippen molar-refractivity contribution < 1.29 is 9.72 Å². The van der Waals surface area contributed by atoms with Crippen molar-refractivity contribution in [3.63, 3.8) is 0 Å². The zero-order valence-electron chi connectivity index (χ0n) is 17.0. The summed E-state index contributed by atoms with van der Waals surface area (Å²) in [7, 11) is 0. The van der Waals surface area contributed by atoms with Gasteiger partial charge in [0, 0.05) is 12.8 Å². The maximum Gasteiger partial charge on any atom is 0.242 e. The van der Waals surface area contributed by atoms with Crippen LogP contribution in [0.15, 0.2) is 11.8 Å². The lowest BCUT2D eigenvalue weighted by Gasteiger charge is -2.02. The predicted molar refractivity (Wildman–Crippen MR) is 110 cm³/mol. The van der Waals surface area contributed by atoms with Crippen LogP contribution in [0.4, 0.5) is 0 Å². The molecule has 0 bridgehead atoms. The average Bonchev–Trinajstić information content (AvgIpc) is 2.63. The van der Waals surface area contributed by atoms with Crippen molar-refractivity contribution in [2.45, 2.75) is 122 Å². The Bertz CT molecular complexity index is 366. The minimum absolute atomic E-state index is 0.187. The first-order valence-electron chi connectivity index (χ1n) is 10.9. The first-order chi connectivity index (χ1) is 12.7. The summed E-state index contributed by atoms with van der Waals surface area (Å²) in [6.07, 6.45) is 23.4. The van der Waals surface area contributed by atoms with E-state index in [-0.39, 0.29) is 4.92 Å². The van der Waals surface area contributed by atoms with Crippen LogP contribution >= 0.6 is 0 Å². The molecule has 0 saturated carbocycles. The van der Waals surface area contributed by atoms with Crippen LogP contribution in [0, 0.1) is 10.1 Å². The molecule has 26 heavy (non-hydrogen) atoms. The van der Waals surface area contributed by atoms with E-state index in [2.05, 4.69) is 6.92 Å². The third-order valence-electron chi connectivity index (χ3n) is 4.88. The number of nitro groups is 1. The fraction of sp³-hybridized carbons (Fsp3) is 0.864. The molecule has 0 aromatic rings. The minimum atomic E-state index is -0.187. The Kier molecular flexibility index (Phi) is 19.2. The highest BCUT2D eigenvalue weighted by Gasteiger charge is 2.09. The van der Waals surface area contributed by atoms with Gasteiger partial charge in [-0.05, 0) is 31.8 Å². The molecular formula is C22H40NO3. The molecule has 1 radical (unpaired) electrons. The van der Waals surface area contributed by atoms with Crippen molar-refractivity contribution in [3.05, 3.63) is 21.9 Å². The standard InChI is InChI=1S/C22H40NO3/c1-2-3-4-5-10-13-16-19-22(23(25)26)20-17-14-11-8-6-7-9-12-15-18-21-24/h19H,2-18,20H2,1H3/b22-19-. The fourth-order valence-corrected chi connectivity index (χ4v) is 3.20. The lowest BCUT2D eigenvalue weighted by atomic mass is 10.0. The Balaban J connectivity index is 3.57. The number of nitrogens with zero attached hydrogens (tertiary/aromatic N) is 1. The van der Waals surface area contributed by atoms with E-state index in [0.717, 1.165) is 38.5 Å². The summed E-state index contributed by atoms with van der Waals surface area (Å²) >= 11 is 0. The lowest BCUT2D eigenvalue weighted by molar-refractivity contribution is -0.428. The zero-order valence-corrected chi connectivity index (χ0v) is 17.0. The molecule has 0 heterocycles. The molecule has 0 aliphatic rings. The molecule has 151 valence electrons. The van der Waals surface area contributed by atoms with Gasteiger partial charge in [0.15, 0.2) is 6.29 Å². The summed E-state index contributed by atoms with van der Waals surface area (Å²) < 4.78 is 0. The van der Waals surface area contributed by atoms with Crippen LogP contribution in [-0.4, -0.2) is 11.2 Å². The van der Waals surface area contributed by atoms with Crippen LogP contribution in [0.5, 0.6) is 0 Å². The third-order valence-corrected chi connectivity index (χ3v) is 4.88. The Morgan fingerprint density at radius 2 is 1.31 bits per heavy atom. The van der Waals surface area contributed by atoms with Gasteiger partial charge in [0.25, 0.3) is 0 Å². The second-order valence-electron chi connectivity index (χ2n) is 7.34. The SMILES string of the molecule is CCCCCCCC/C=C(/CCCCCCCCCCC[C]=O)[N+](=O)[O-]. The molecule has 0 spiro atoms. The van der Waals surface area contributed by atoms with E-state index in [9.17, 15) is 14.9 Å². The largest absolute Gasteiger partial charge is 0.291 e. The van der Waals surface area contributed by atoms with Gasteiger partial charge in [-0.3, -0.25) is 14.9 Å². The first kappa shape index (κ1) is 24.8. The van der Waals surface area contributed by atoms with E-state index in [1.807, 2.05) is 12.4 Å². The molecule has 0 amide bonds. The lowest BCUT2D eigenvalue weighted by Crippen LogP contribution is -1.99. The van der Waals surface area contributed by atoms with Crippen molar-refractivity contribution in [3.8, 4) is 0 Å². The van der Waals surface area contributed by atoms with Gasteiger partial charge in [-0.2, -0.15) is 0 Å². The summed E-state index contributed by atoms with van der Waals surface area (Å²) in [4.78, 5) is 21.0. The van der Waals surface area contributed by atoms with Crippen molar-refractivity contribution in [2.24, 2.45) is 0 Å². The highest BCUT2D eigenvalue weighted by molar-refractivity contribution is 5.50. The van der Waals surface area contributed by atoms with Gasteiger partial charge < -0.3 is 0 Å². The van der Waals surface area contributed by atoms with Crippen LogP contribution < -0.4 is 0 Å². The topological polar surface area (TPSA) is 60.2 Å². The number of unbranched alkanes of at least 4 members (excludes halogenated alkanes) is 15. The first-order valence-corrected chi connectivity index (χ1v) is 10.9. The van der Waals surface area contributed by atoms with Gasteiger partial charge in [0.05, 0.1) is 4.92 Å². The van der Waals surface area contributed by atoms with Crippen LogP contribution in [0.3, 0.4) is 0 Å². The Labute approximate surface area is 161 Å². The van der Waals surface area contributed by atoms with Gasteiger partial charge in [-0.25, -0.2) is 0 Å². The van der Waals surface area contributed by atoms with Gasteiger partial charge in [0.2, 0.25) is 5.70 Å². The molecule has 0 aromatic carbocycles. The summed E-state index contributed by atoms with van der Waals surface area (Å²) in [5, 5.41) is 11.1. The van der Waals surface area contributed by atoms with E-state index in [1.165, 1.54) is 64.2 Å². The molecule has 0 unspecified atom stereocenters. The van der Waals surface area contributed by atoms with E-state index in [0.29, 0.717) is 18.5 Å². The predicted octanol–water partition coefficient (Wildman–Crippen LogP) is 7.30. The fourth-order valence-electron chi connectivity index (χ4n) is 3.20. The van der Waals surface area contributed by atoms with E-state index in [4.69, 9.17) is 0 Å². The number of carbonyl (C=O) groups excluding carboxylic acids is 1. The minimum Gasteiger partial charge on any atom is -0.291 e. The monoisotopic (exact) mass is 366 g/mol. The van der Waals surface area contributed by atoms with Gasteiger partial charge >= 0.3 is 0 Å². The maximum atomic E-state index is 11.1. The van der Waals surface area contributed by atoms with E-state index < -0.39 is 0 Å². The Hall–Kier alpha value is -1.19. The van der Waals surface area contributed by atoms with Crippen molar-refractivity contribution in [1.29, 1.82) is 0 Å². The van der Waals surface area contributed by atoms with Crippen LogP contribution in [-0.2, 0) is 4.79 Å². The molecule has 0 saturated heterocycles. The van der Waals surface area contributed by atoms with Gasteiger partial charge in [-0.15, -0.1) is 0 Å². The van der Waals surface area contributed by atoms with Gasteiger partial charge in [0.1, 0.15) is 0 Å². The summed E-state index contributed by atoms with van der Waals surface area (Å²) in [6, 6.07) is 0. The van der Waals surface area contributed by atoms with Crippen molar-refractivity contribution in [1.82, 2.24) is 0 Å². The van der Waals surface area contributed by atoms with Crippen LogP contribution in [0.2, 0.25) is 0 Å². The smallest absolute Gasteiger partial charge is 0.242 e. The molecule has 0 rings (SSSR count). The molecule has 4 heteroatoms. The van der Waals surface area contributed by atoms with Gasteiger partial charge in [-0.1, -0.05) is 84.0 Å². The molecule has 0 atom stereocenters. The van der Waals surface area contributed by atoms with E-state index in [1.54, 1.807) is 0 Å². The normalized spacial score (nSPS) is 11.7. The number of allylic oxidation sites excluding steroid dienone is 2. The number of rotatable bonds is 20. The molecule has 4 nitrogen and oxygen atoms in total. The second-order valence-corrected chi connectivity index (χ2v) is 7.34. The van der Waals surface area contributed by atoms with E-state index >= 15 is 0 Å². The second kappa shape index (κ2) is 20.1. The highest BCUT2D eigenvalue weighted by atomic mass is 16.6. The molecular weight excluding hydrogens is 326 g/mol. The quantitative estimate of drug-likeness (QED) is 0.129. The highest BCUT2D eigenvalue weighted by Crippen LogP contribution is 2.15. The van der Waals surface area contributed by atoms with Crippen LogP contribution in [0.1, 0.15) is 122 Å². The van der Waals surface area contributed by atoms with Crippen molar-refractivity contribution in [2.75, 3.05) is 0 Å². The average molecular weight is 367 g/mol. The van der Waals surface area contributed by atoms with Crippen LogP contribution in [0.25, 0.3) is 0 Å². The third kappa shape index (κ3) is 17.6. The molecule has 0 aromatic heterocycles. The van der Waals surface area contributed by atoms with Crippen molar-refractivity contribution >= 4 is 6.29 Å². The molecule has 0 fully saturated rings.